The maximum absolute atomic E-state index is 12.5. The molecule has 138 valence electrons. The fraction of sp³-hybridized carbons (Fsp3) is 0.500. The Balaban J connectivity index is 2.82. The highest BCUT2D eigenvalue weighted by molar-refractivity contribution is 5.91. The lowest BCUT2D eigenvalue weighted by Gasteiger charge is -2.23. The summed E-state index contributed by atoms with van der Waals surface area (Å²) >= 11 is 0. The van der Waals surface area contributed by atoms with Gasteiger partial charge < -0.3 is 21.5 Å². The molecule has 1 rings (SSSR count). The molecule has 0 aromatic heterocycles. The number of benzene rings is 1. The van der Waals surface area contributed by atoms with Gasteiger partial charge in [-0.1, -0.05) is 44.2 Å². The molecule has 0 fully saturated rings. The van der Waals surface area contributed by atoms with Gasteiger partial charge in [0.2, 0.25) is 11.8 Å². The molecule has 0 aliphatic rings. The zero-order valence-electron chi connectivity index (χ0n) is 14.9. The molecule has 3 unspecified atom stereocenters. The van der Waals surface area contributed by atoms with Gasteiger partial charge in [-0.25, -0.2) is 4.79 Å². The first-order valence-corrected chi connectivity index (χ1v) is 8.33. The van der Waals surface area contributed by atoms with Crippen LogP contribution in [0.5, 0.6) is 0 Å². The summed E-state index contributed by atoms with van der Waals surface area (Å²) in [5.41, 5.74) is 6.33. The summed E-state index contributed by atoms with van der Waals surface area (Å²) in [6.07, 6.45) is 0.555. The molecule has 3 atom stereocenters. The van der Waals surface area contributed by atoms with Crippen LogP contribution in [0.25, 0.3) is 0 Å². The molecule has 0 saturated carbocycles. The Labute approximate surface area is 148 Å². The van der Waals surface area contributed by atoms with E-state index in [1.165, 1.54) is 6.92 Å². The predicted molar refractivity (Wildman–Crippen MR) is 94.7 cm³/mol. The number of rotatable bonds is 9. The Hall–Kier alpha value is -2.41. The van der Waals surface area contributed by atoms with E-state index in [9.17, 15) is 19.5 Å². The van der Waals surface area contributed by atoms with Crippen LogP contribution in [0.3, 0.4) is 0 Å². The number of hydrogen-bond donors (Lipinski definition) is 4. The molecule has 1 aromatic rings. The van der Waals surface area contributed by atoms with Crippen LogP contribution in [0, 0.1) is 5.92 Å². The van der Waals surface area contributed by atoms with E-state index in [1.807, 2.05) is 19.9 Å². The summed E-state index contributed by atoms with van der Waals surface area (Å²) in [7, 11) is 0. The van der Waals surface area contributed by atoms with Gasteiger partial charge in [0.15, 0.2) is 0 Å². The number of hydrogen-bond acceptors (Lipinski definition) is 4. The number of carbonyl (C=O) groups is 3. The zero-order valence-corrected chi connectivity index (χ0v) is 14.9. The standard InChI is InChI=1S/C18H27N3O4/c1-11(2)9-14(20-16(22)12(3)19)17(23)21-15(18(24)25)10-13-7-5-4-6-8-13/h4-8,11-12,14-15H,9-10,19H2,1-3H3,(H,20,22)(H,21,23)(H,24,25). The number of nitrogens with two attached hydrogens (primary N) is 1. The lowest BCUT2D eigenvalue weighted by atomic mass is 10.0. The van der Waals surface area contributed by atoms with Gasteiger partial charge in [-0.05, 0) is 24.8 Å². The third-order valence-electron chi connectivity index (χ3n) is 3.65. The van der Waals surface area contributed by atoms with Crippen molar-refractivity contribution in [3.8, 4) is 0 Å². The van der Waals surface area contributed by atoms with E-state index in [1.54, 1.807) is 24.3 Å². The Morgan fingerprint density at radius 2 is 1.56 bits per heavy atom. The molecule has 0 bridgehead atoms. The minimum atomic E-state index is -1.13. The second kappa shape index (κ2) is 9.78. The van der Waals surface area contributed by atoms with Crippen LogP contribution in [0.1, 0.15) is 32.8 Å². The van der Waals surface area contributed by atoms with Crippen molar-refractivity contribution < 1.29 is 19.5 Å². The largest absolute Gasteiger partial charge is 0.480 e. The molecule has 7 nitrogen and oxygen atoms in total. The van der Waals surface area contributed by atoms with E-state index in [4.69, 9.17) is 5.73 Å². The maximum atomic E-state index is 12.5. The molecule has 0 spiro atoms. The fourth-order valence-electron chi connectivity index (χ4n) is 2.33. The van der Waals surface area contributed by atoms with Crippen LogP contribution >= 0.6 is 0 Å². The molecule has 0 aliphatic carbocycles. The van der Waals surface area contributed by atoms with E-state index in [0.717, 1.165) is 5.56 Å². The lowest BCUT2D eigenvalue weighted by molar-refractivity contribution is -0.142. The first-order chi connectivity index (χ1) is 11.7. The summed E-state index contributed by atoms with van der Waals surface area (Å²) in [5.74, 6) is -1.96. The Bertz CT molecular complexity index is 587. The average molecular weight is 349 g/mol. The second-order valence-electron chi connectivity index (χ2n) is 6.57. The first kappa shape index (κ1) is 20.6. The number of carbonyl (C=O) groups excluding carboxylic acids is 2. The molecule has 2 amide bonds. The lowest BCUT2D eigenvalue weighted by Crippen LogP contribution is -2.54. The molecule has 0 aliphatic heterocycles. The second-order valence-corrected chi connectivity index (χ2v) is 6.57. The smallest absolute Gasteiger partial charge is 0.326 e. The minimum absolute atomic E-state index is 0.140. The topological polar surface area (TPSA) is 122 Å². The average Bonchev–Trinajstić information content (AvgIpc) is 2.53. The van der Waals surface area contributed by atoms with Crippen LogP contribution in [0.4, 0.5) is 0 Å². The highest BCUT2D eigenvalue weighted by atomic mass is 16.4. The van der Waals surface area contributed by atoms with E-state index in [2.05, 4.69) is 10.6 Å². The number of nitrogens with one attached hydrogen (secondary N) is 2. The van der Waals surface area contributed by atoms with E-state index in [-0.39, 0.29) is 12.3 Å². The molecule has 0 heterocycles. The van der Waals surface area contributed by atoms with Crippen LogP contribution in [-0.4, -0.2) is 41.0 Å². The van der Waals surface area contributed by atoms with Crippen molar-refractivity contribution in [3.05, 3.63) is 35.9 Å². The molecule has 5 N–H and O–H groups in total. The van der Waals surface area contributed by atoms with Crippen LogP contribution in [-0.2, 0) is 20.8 Å². The predicted octanol–water partition coefficient (Wildman–Crippen LogP) is 0.677. The number of amides is 2. The summed E-state index contributed by atoms with van der Waals surface area (Å²) in [4.78, 5) is 35.8. The summed E-state index contributed by atoms with van der Waals surface area (Å²) in [5, 5.41) is 14.5. The first-order valence-electron chi connectivity index (χ1n) is 8.33. The molecule has 0 radical (unpaired) electrons. The Morgan fingerprint density at radius 3 is 2.04 bits per heavy atom. The van der Waals surface area contributed by atoms with Crippen LogP contribution in [0.2, 0.25) is 0 Å². The maximum Gasteiger partial charge on any atom is 0.326 e. The van der Waals surface area contributed by atoms with Gasteiger partial charge >= 0.3 is 5.97 Å². The van der Waals surface area contributed by atoms with Crippen molar-refractivity contribution in [2.45, 2.75) is 51.7 Å². The molecular formula is C18H27N3O4. The Morgan fingerprint density at radius 1 is 1.00 bits per heavy atom. The molecule has 1 aromatic carbocycles. The van der Waals surface area contributed by atoms with Crippen LogP contribution < -0.4 is 16.4 Å². The fourth-order valence-corrected chi connectivity index (χ4v) is 2.33. The minimum Gasteiger partial charge on any atom is -0.480 e. The summed E-state index contributed by atoms with van der Waals surface area (Å²) in [6.45, 7) is 5.35. The van der Waals surface area contributed by atoms with Crippen molar-refractivity contribution in [3.63, 3.8) is 0 Å². The van der Waals surface area contributed by atoms with Crippen molar-refractivity contribution in [2.75, 3.05) is 0 Å². The van der Waals surface area contributed by atoms with Gasteiger partial charge in [0.25, 0.3) is 0 Å². The SMILES string of the molecule is CC(C)CC(NC(=O)C(C)N)C(=O)NC(Cc1ccccc1)C(=O)O. The third kappa shape index (κ3) is 7.34. The Kier molecular flexibility index (Phi) is 8.07. The number of aliphatic carboxylic acids is 1. The highest BCUT2D eigenvalue weighted by Gasteiger charge is 2.27. The van der Waals surface area contributed by atoms with Crippen LogP contribution in [0.15, 0.2) is 30.3 Å². The van der Waals surface area contributed by atoms with E-state index in [0.29, 0.717) is 6.42 Å². The van der Waals surface area contributed by atoms with Gasteiger partial charge in [-0.3, -0.25) is 9.59 Å². The molecule has 0 saturated heterocycles. The molecule has 25 heavy (non-hydrogen) atoms. The van der Waals surface area contributed by atoms with Gasteiger partial charge in [-0.2, -0.15) is 0 Å². The highest BCUT2D eigenvalue weighted by Crippen LogP contribution is 2.08. The van der Waals surface area contributed by atoms with Crippen molar-refractivity contribution in [1.82, 2.24) is 10.6 Å². The summed E-state index contributed by atoms with van der Waals surface area (Å²) in [6, 6.07) is 6.40. The molecular weight excluding hydrogens is 322 g/mol. The van der Waals surface area contributed by atoms with E-state index >= 15 is 0 Å². The molecule has 7 heteroatoms. The normalized spacial score (nSPS) is 14.4. The van der Waals surface area contributed by atoms with Crippen molar-refractivity contribution >= 4 is 17.8 Å². The third-order valence-corrected chi connectivity index (χ3v) is 3.65. The summed E-state index contributed by atoms with van der Waals surface area (Å²) < 4.78 is 0. The van der Waals surface area contributed by atoms with Gasteiger partial charge in [0, 0.05) is 6.42 Å². The van der Waals surface area contributed by atoms with Crippen molar-refractivity contribution in [2.24, 2.45) is 11.7 Å². The van der Waals surface area contributed by atoms with Crippen molar-refractivity contribution in [1.29, 1.82) is 0 Å². The van der Waals surface area contributed by atoms with Gasteiger partial charge in [-0.15, -0.1) is 0 Å². The number of carboxylic acid groups (broad SMARTS) is 1. The zero-order chi connectivity index (χ0) is 19.0. The quantitative estimate of drug-likeness (QED) is 0.522. The van der Waals surface area contributed by atoms with Gasteiger partial charge in [0.1, 0.15) is 12.1 Å². The van der Waals surface area contributed by atoms with Gasteiger partial charge in [0.05, 0.1) is 6.04 Å². The van der Waals surface area contributed by atoms with E-state index < -0.39 is 35.9 Å². The number of carboxylic acids is 1. The monoisotopic (exact) mass is 349 g/mol.